The zero-order valence-corrected chi connectivity index (χ0v) is 13.2. The number of amides is 1. The van der Waals surface area contributed by atoms with E-state index in [1.807, 2.05) is 11.4 Å². The SMILES string of the molecule is CC1Cc2ccccc2N1CCC(=O)Nc1sccc1C#N. The Balaban J connectivity index is 1.61. The van der Waals surface area contributed by atoms with Crippen LogP contribution in [0.3, 0.4) is 0 Å². The maximum Gasteiger partial charge on any atom is 0.226 e. The Bertz CT molecular complexity index is 732. The molecule has 0 aliphatic carbocycles. The zero-order valence-electron chi connectivity index (χ0n) is 12.4. The first kappa shape index (κ1) is 14.6. The van der Waals surface area contributed by atoms with Gasteiger partial charge in [0.25, 0.3) is 0 Å². The molecule has 0 saturated carbocycles. The third-order valence-corrected chi connectivity index (χ3v) is 4.80. The van der Waals surface area contributed by atoms with Gasteiger partial charge >= 0.3 is 0 Å². The molecule has 22 heavy (non-hydrogen) atoms. The monoisotopic (exact) mass is 311 g/mol. The van der Waals surface area contributed by atoms with Gasteiger partial charge in [-0.2, -0.15) is 5.26 Å². The summed E-state index contributed by atoms with van der Waals surface area (Å²) in [6, 6.07) is 12.6. The van der Waals surface area contributed by atoms with E-state index >= 15 is 0 Å². The third-order valence-electron chi connectivity index (χ3n) is 3.97. The molecular formula is C17H17N3OS. The summed E-state index contributed by atoms with van der Waals surface area (Å²) in [7, 11) is 0. The van der Waals surface area contributed by atoms with E-state index in [1.165, 1.54) is 22.6 Å². The summed E-state index contributed by atoms with van der Waals surface area (Å²) in [5.41, 5.74) is 3.11. The fraction of sp³-hybridized carbons (Fsp3) is 0.294. The quantitative estimate of drug-likeness (QED) is 0.941. The molecule has 2 heterocycles. The number of hydrogen-bond donors (Lipinski definition) is 1. The highest BCUT2D eigenvalue weighted by molar-refractivity contribution is 7.14. The third kappa shape index (κ3) is 2.83. The molecule has 3 rings (SSSR count). The number of nitriles is 1. The number of benzene rings is 1. The molecular weight excluding hydrogens is 294 g/mol. The number of hydrogen-bond acceptors (Lipinski definition) is 4. The summed E-state index contributed by atoms with van der Waals surface area (Å²) >= 11 is 1.38. The predicted octanol–water partition coefficient (Wildman–Crippen LogP) is 3.40. The van der Waals surface area contributed by atoms with Crippen molar-refractivity contribution in [1.29, 1.82) is 5.26 Å². The lowest BCUT2D eigenvalue weighted by atomic mass is 10.1. The van der Waals surface area contributed by atoms with Crippen molar-refractivity contribution in [2.45, 2.75) is 25.8 Å². The van der Waals surface area contributed by atoms with E-state index in [4.69, 9.17) is 5.26 Å². The van der Waals surface area contributed by atoms with Crippen molar-refractivity contribution in [3.63, 3.8) is 0 Å². The zero-order chi connectivity index (χ0) is 15.5. The minimum Gasteiger partial charge on any atom is -0.368 e. The Morgan fingerprint density at radius 3 is 3.09 bits per heavy atom. The number of anilines is 2. The molecule has 2 aromatic rings. The molecule has 1 unspecified atom stereocenters. The molecule has 0 bridgehead atoms. The number of nitrogens with one attached hydrogen (secondary N) is 1. The lowest BCUT2D eigenvalue weighted by Gasteiger charge is -2.24. The van der Waals surface area contributed by atoms with Gasteiger partial charge in [-0.1, -0.05) is 18.2 Å². The number of nitrogens with zero attached hydrogens (tertiary/aromatic N) is 2. The van der Waals surface area contributed by atoms with Gasteiger partial charge < -0.3 is 10.2 Å². The van der Waals surface area contributed by atoms with Crippen LogP contribution in [0.25, 0.3) is 0 Å². The van der Waals surface area contributed by atoms with Crippen molar-refractivity contribution in [3.05, 3.63) is 46.8 Å². The average Bonchev–Trinajstić information content (AvgIpc) is 3.08. The van der Waals surface area contributed by atoms with Crippen LogP contribution in [0.4, 0.5) is 10.7 Å². The van der Waals surface area contributed by atoms with Crippen molar-refractivity contribution in [1.82, 2.24) is 0 Å². The summed E-state index contributed by atoms with van der Waals surface area (Å²) < 4.78 is 0. The van der Waals surface area contributed by atoms with Gasteiger partial charge in [-0.25, -0.2) is 0 Å². The molecule has 1 amide bonds. The highest BCUT2D eigenvalue weighted by atomic mass is 32.1. The van der Waals surface area contributed by atoms with Crippen LogP contribution in [0.2, 0.25) is 0 Å². The Labute approximate surface area is 134 Å². The van der Waals surface area contributed by atoms with Crippen LogP contribution in [0.15, 0.2) is 35.7 Å². The predicted molar refractivity (Wildman–Crippen MR) is 89.2 cm³/mol. The average molecular weight is 311 g/mol. The van der Waals surface area contributed by atoms with E-state index in [-0.39, 0.29) is 5.91 Å². The van der Waals surface area contributed by atoms with Gasteiger partial charge in [-0.15, -0.1) is 11.3 Å². The van der Waals surface area contributed by atoms with E-state index in [2.05, 4.69) is 41.4 Å². The Morgan fingerprint density at radius 2 is 2.27 bits per heavy atom. The number of rotatable bonds is 4. The van der Waals surface area contributed by atoms with Crippen LogP contribution in [0, 0.1) is 11.3 Å². The molecule has 4 nitrogen and oxygen atoms in total. The summed E-state index contributed by atoms with van der Waals surface area (Å²) in [5, 5.41) is 14.3. The van der Waals surface area contributed by atoms with Crippen molar-refractivity contribution in [3.8, 4) is 6.07 Å². The molecule has 1 aromatic carbocycles. The Morgan fingerprint density at radius 1 is 1.45 bits per heavy atom. The summed E-state index contributed by atoms with van der Waals surface area (Å²) in [4.78, 5) is 14.4. The van der Waals surface area contributed by atoms with Crippen LogP contribution in [0.5, 0.6) is 0 Å². The van der Waals surface area contributed by atoms with Crippen molar-refractivity contribution >= 4 is 27.9 Å². The summed E-state index contributed by atoms with van der Waals surface area (Å²) in [6.07, 6.45) is 1.45. The molecule has 5 heteroatoms. The van der Waals surface area contributed by atoms with Gasteiger partial charge in [0, 0.05) is 24.7 Å². The van der Waals surface area contributed by atoms with Crippen LogP contribution >= 0.6 is 11.3 Å². The first-order chi connectivity index (χ1) is 10.7. The van der Waals surface area contributed by atoms with E-state index in [1.54, 1.807) is 6.07 Å². The van der Waals surface area contributed by atoms with Crippen LogP contribution in [-0.4, -0.2) is 18.5 Å². The van der Waals surface area contributed by atoms with Gasteiger partial charge in [0.05, 0.1) is 5.56 Å². The highest BCUT2D eigenvalue weighted by Crippen LogP contribution is 2.31. The number of carbonyl (C=O) groups is 1. The van der Waals surface area contributed by atoms with Crippen molar-refractivity contribution in [2.75, 3.05) is 16.8 Å². The molecule has 0 spiro atoms. The van der Waals surface area contributed by atoms with Crippen LogP contribution in [-0.2, 0) is 11.2 Å². The van der Waals surface area contributed by atoms with E-state index in [9.17, 15) is 4.79 Å². The maximum absolute atomic E-state index is 12.1. The van der Waals surface area contributed by atoms with Gasteiger partial charge in [0.15, 0.2) is 0 Å². The normalized spacial score (nSPS) is 16.2. The smallest absolute Gasteiger partial charge is 0.226 e. The molecule has 0 fully saturated rings. The standard InChI is InChI=1S/C17H17N3OS/c1-12-10-13-4-2-3-5-15(13)20(12)8-6-16(21)19-17-14(11-18)7-9-22-17/h2-5,7,9,12H,6,8,10H2,1H3,(H,19,21). The molecule has 1 N–H and O–H groups in total. The maximum atomic E-state index is 12.1. The first-order valence-corrected chi connectivity index (χ1v) is 8.19. The van der Waals surface area contributed by atoms with Gasteiger partial charge in [0.1, 0.15) is 11.1 Å². The topological polar surface area (TPSA) is 56.1 Å². The van der Waals surface area contributed by atoms with Crippen LogP contribution < -0.4 is 10.2 Å². The van der Waals surface area contributed by atoms with E-state index < -0.39 is 0 Å². The molecule has 1 aliphatic heterocycles. The number of fused-ring (bicyclic) bond motifs is 1. The van der Waals surface area contributed by atoms with E-state index in [0.717, 1.165) is 6.42 Å². The fourth-order valence-electron chi connectivity index (χ4n) is 2.88. The van der Waals surface area contributed by atoms with Crippen LogP contribution in [0.1, 0.15) is 24.5 Å². The number of para-hydroxylation sites is 1. The van der Waals surface area contributed by atoms with Gasteiger partial charge in [0.2, 0.25) is 5.91 Å². The number of thiophene rings is 1. The van der Waals surface area contributed by atoms with E-state index in [0.29, 0.717) is 29.6 Å². The molecule has 0 saturated heterocycles. The minimum atomic E-state index is -0.0458. The lowest BCUT2D eigenvalue weighted by Crippen LogP contribution is -2.32. The second kappa shape index (κ2) is 6.20. The fourth-order valence-corrected chi connectivity index (χ4v) is 3.63. The largest absolute Gasteiger partial charge is 0.368 e. The van der Waals surface area contributed by atoms with Crippen molar-refractivity contribution < 1.29 is 4.79 Å². The Hall–Kier alpha value is -2.32. The highest BCUT2D eigenvalue weighted by Gasteiger charge is 2.25. The summed E-state index contributed by atoms with van der Waals surface area (Å²) in [6.45, 7) is 2.88. The first-order valence-electron chi connectivity index (χ1n) is 7.31. The second-order valence-corrected chi connectivity index (χ2v) is 6.36. The molecule has 1 aliphatic rings. The van der Waals surface area contributed by atoms with Gasteiger partial charge in [-0.05, 0) is 36.4 Å². The molecule has 112 valence electrons. The Kier molecular flexibility index (Phi) is 4.12. The summed E-state index contributed by atoms with van der Waals surface area (Å²) in [5.74, 6) is -0.0458. The second-order valence-electron chi connectivity index (χ2n) is 5.45. The van der Waals surface area contributed by atoms with Gasteiger partial charge in [-0.3, -0.25) is 4.79 Å². The lowest BCUT2D eigenvalue weighted by molar-refractivity contribution is -0.116. The molecule has 1 atom stereocenters. The number of carbonyl (C=O) groups excluding carboxylic acids is 1. The molecule has 1 aromatic heterocycles. The molecule has 0 radical (unpaired) electrons. The minimum absolute atomic E-state index is 0.0458. The van der Waals surface area contributed by atoms with Crippen molar-refractivity contribution in [2.24, 2.45) is 0 Å².